The van der Waals surface area contributed by atoms with Crippen LogP contribution in [0.5, 0.6) is 0 Å². The average molecular weight is 283 g/mol. The summed E-state index contributed by atoms with van der Waals surface area (Å²) in [6.45, 7) is 5.22. The van der Waals surface area contributed by atoms with Crippen molar-refractivity contribution in [1.82, 2.24) is 9.55 Å². The second-order valence-electron chi connectivity index (χ2n) is 5.56. The summed E-state index contributed by atoms with van der Waals surface area (Å²) >= 11 is 0. The quantitative estimate of drug-likeness (QED) is 0.868. The van der Waals surface area contributed by atoms with Gasteiger partial charge in [0, 0.05) is 24.8 Å². The highest BCUT2D eigenvalue weighted by Gasteiger charge is 2.22. The maximum atomic E-state index is 12.7. The molecule has 0 spiro atoms. The zero-order valence-electron chi connectivity index (χ0n) is 12.7. The van der Waals surface area contributed by atoms with Crippen LogP contribution in [0.1, 0.15) is 30.4 Å². The first-order valence-corrected chi connectivity index (χ1v) is 7.60. The van der Waals surface area contributed by atoms with Crippen molar-refractivity contribution >= 4 is 11.6 Å². The molecule has 0 bridgehead atoms. The Balaban J connectivity index is 1.83. The van der Waals surface area contributed by atoms with Crippen molar-refractivity contribution in [3.8, 4) is 0 Å². The van der Waals surface area contributed by atoms with Crippen LogP contribution in [0.2, 0.25) is 0 Å². The molecule has 1 aromatic heterocycles. The Hall–Kier alpha value is -2.10. The lowest BCUT2D eigenvalue weighted by Gasteiger charge is -2.29. The molecule has 0 unspecified atom stereocenters. The van der Waals surface area contributed by atoms with Gasteiger partial charge in [-0.2, -0.15) is 0 Å². The summed E-state index contributed by atoms with van der Waals surface area (Å²) in [6.07, 6.45) is 4.90. The molecule has 0 aliphatic carbocycles. The van der Waals surface area contributed by atoms with Crippen molar-refractivity contribution in [2.45, 2.75) is 39.7 Å². The second kappa shape index (κ2) is 5.72. The third-order valence-corrected chi connectivity index (χ3v) is 4.01. The van der Waals surface area contributed by atoms with E-state index in [4.69, 9.17) is 0 Å². The van der Waals surface area contributed by atoms with Crippen LogP contribution in [0.15, 0.2) is 30.5 Å². The van der Waals surface area contributed by atoms with E-state index in [9.17, 15) is 4.79 Å². The van der Waals surface area contributed by atoms with Gasteiger partial charge in [0.2, 0.25) is 5.91 Å². The van der Waals surface area contributed by atoms with E-state index in [0.29, 0.717) is 6.54 Å². The van der Waals surface area contributed by atoms with E-state index in [1.165, 1.54) is 5.56 Å². The first-order valence-electron chi connectivity index (χ1n) is 7.60. The number of aromatic nitrogens is 2. The molecule has 0 saturated heterocycles. The highest BCUT2D eigenvalue weighted by atomic mass is 16.2. The monoisotopic (exact) mass is 283 g/mol. The van der Waals surface area contributed by atoms with Crippen molar-refractivity contribution in [3.63, 3.8) is 0 Å². The zero-order chi connectivity index (χ0) is 14.8. The van der Waals surface area contributed by atoms with Gasteiger partial charge in [-0.25, -0.2) is 4.98 Å². The number of amides is 1. The fourth-order valence-electron chi connectivity index (χ4n) is 3.04. The molecule has 0 atom stereocenters. The molecule has 0 fully saturated rings. The van der Waals surface area contributed by atoms with Crippen molar-refractivity contribution in [1.29, 1.82) is 0 Å². The number of aryl methyl sites for hydroxylation is 3. The van der Waals surface area contributed by atoms with Crippen molar-refractivity contribution < 1.29 is 4.79 Å². The van der Waals surface area contributed by atoms with E-state index < -0.39 is 0 Å². The molecule has 1 amide bonds. The number of anilines is 1. The van der Waals surface area contributed by atoms with Gasteiger partial charge in [0.25, 0.3) is 0 Å². The van der Waals surface area contributed by atoms with Crippen LogP contribution in [-0.2, 0) is 24.2 Å². The van der Waals surface area contributed by atoms with Crippen LogP contribution >= 0.6 is 0 Å². The number of hydrogen-bond donors (Lipinski definition) is 0. The van der Waals surface area contributed by atoms with Gasteiger partial charge in [0.1, 0.15) is 12.4 Å². The largest absolute Gasteiger partial charge is 0.325 e. The number of hydrogen-bond acceptors (Lipinski definition) is 2. The summed E-state index contributed by atoms with van der Waals surface area (Å²) in [5, 5.41) is 0. The molecule has 2 aromatic rings. The predicted molar refractivity (Wildman–Crippen MR) is 83.5 cm³/mol. The average Bonchev–Trinajstić information content (AvgIpc) is 2.86. The van der Waals surface area contributed by atoms with Gasteiger partial charge < -0.3 is 9.47 Å². The first-order chi connectivity index (χ1) is 10.2. The molecule has 0 N–H and O–H groups in total. The summed E-state index contributed by atoms with van der Waals surface area (Å²) in [6, 6.07) is 8.21. The Morgan fingerprint density at radius 3 is 2.95 bits per heavy atom. The van der Waals surface area contributed by atoms with E-state index in [1.807, 2.05) is 40.8 Å². The molecule has 1 aliphatic rings. The smallest absolute Gasteiger partial charge is 0.246 e. The second-order valence-corrected chi connectivity index (χ2v) is 5.56. The standard InChI is InChI=1S/C17H21N3O/c1-3-16-18-13(2)11-19(16)12-17(21)20-10-6-8-14-7-4-5-9-15(14)20/h4-5,7,9,11H,3,6,8,10,12H2,1-2H3. The van der Waals surface area contributed by atoms with E-state index >= 15 is 0 Å². The molecular weight excluding hydrogens is 262 g/mol. The molecule has 4 nitrogen and oxygen atoms in total. The Kier molecular flexibility index (Phi) is 3.78. The summed E-state index contributed by atoms with van der Waals surface area (Å²) in [5.74, 6) is 1.13. The molecule has 1 aliphatic heterocycles. The van der Waals surface area contributed by atoms with Crippen LogP contribution in [0.3, 0.4) is 0 Å². The van der Waals surface area contributed by atoms with Crippen LogP contribution in [0, 0.1) is 6.92 Å². The van der Waals surface area contributed by atoms with E-state index in [1.54, 1.807) is 0 Å². The lowest BCUT2D eigenvalue weighted by Crippen LogP contribution is -2.37. The summed E-state index contributed by atoms with van der Waals surface area (Å²) < 4.78 is 1.98. The Morgan fingerprint density at radius 2 is 2.14 bits per heavy atom. The number of benzene rings is 1. The highest BCUT2D eigenvalue weighted by molar-refractivity contribution is 5.94. The van der Waals surface area contributed by atoms with E-state index in [0.717, 1.165) is 43.0 Å². The number of nitrogens with zero attached hydrogens (tertiary/aromatic N) is 3. The number of rotatable bonds is 3. The van der Waals surface area contributed by atoms with E-state index in [2.05, 4.69) is 18.0 Å². The normalized spacial score (nSPS) is 14.1. The molecule has 3 rings (SSSR count). The summed E-state index contributed by atoms with van der Waals surface area (Å²) in [5.41, 5.74) is 3.32. The maximum Gasteiger partial charge on any atom is 0.246 e. The number of carbonyl (C=O) groups is 1. The third-order valence-electron chi connectivity index (χ3n) is 4.01. The summed E-state index contributed by atoms with van der Waals surface area (Å²) in [4.78, 5) is 19.1. The van der Waals surface area contributed by atoms with Gasteiger partial charge in [-0.3, -0.25) is 4.79 Å². The molecule has 4 heteroatoms. The Bertz CT molecular complexity index is 660. The molecular formula is C17H21N3O. The fraction of sp³-hybridized carbons (Fsp3) is 0.412. The lowest BCUT2D eigenvalue weighted by atomic mass is 10.0. The number of imidazole rings is 1. The number of carbonyl (C=O) groups excluding carboxylic acids is 1. The van der Waals surface area contributed by atoms with Crippen molar-refractivity contribution in [3.05, 3.63) is 47.5 Å². The Morgan fingerprint density at radius 1 is 1.33 bits per heavy atom. The van der Waals surface area contributed by atoms with Crippen LogP contribution < -0.4 is 4.90 Å². The molecule has 0 radical (unpaired) electrons. The first kappa shape index (κ1) is 13.9. The van der Waals surface area contributed by atoms with Crippen LogP contribution in [-0.4, -0.2) is 22.0 Å². The SMILES string of the molecule is CCc1nc(C)cn1CC(=O)N1CCCc2ccccc21. The molecule has 2 heterocycles. The minimum atomic E-state index is 0.147. The predicted octanol–water partition coefficient (Wildman–Crippen LogP) is 2.73. The van der Waals surface area contributed by atoms with E-state index in [-0.39, 0.29) is 5.91 Å². The van der Waals surface area contributed by atoms with Gasteiger partial charge in [0.15, 0.2) is 0 Å². The Labute approximate surface area is 125 Å². The topological polar surface area (TPSA) is 38.1 Å². The third kappa shape index (κ3) is 2.71. The highest BCUT2D eigenvalue weighted by Crippen LogP contribution is 2.27. The number of fused-ring (bicyclic) bond motifs is 1. The van der Waals surface area contributed by atoms with Gasteiger partial charge >= 0.3 is 0 Å². The molecule has 1 aromatic carbocycles. The summed E-state index contributed by atoms with van der Waals surface area (Å²) in [7, 11) is 0. The van der Waals surface area contributed by atoms with Crippen molar-refractivity contribution in [2.75, 3.05) is 11.4 Å². The molecule has 110 valence electrons. The lowest BCUT2D eigenvalue weighted by molar-refractivity contribution is -0.119. The van der Waals surface area contributed by atoms with Gasteiger partial charge in [-0.1, -0.05) is 25.1 Å². The van der Waals surface area contributed by atoms with Gasteiger partial charge in [0.05, 0.1) is 5.69 Å². The minimum Gasteiger partial charge on any atom is -0.325 e. The zero-order valence-corrected chi connectivity index (χ0v) is 12.7. The fourth-order valence-corrected chi connectivity index (χ4v) is 3.04. The minimum absolute atomic E-state index is 0.147. The van der Waals surface area contributed by atoms with Crippen LogP contribution in [0.25, 0.3) is 0 Å². The van der Waals surface area contributed by atoms with Gasteiger partial charge in [-0.05, 0) is 31.4 Å². The number of para-hydroxylation sites is 1. The maximum absolute atomic E-state index is 12.7. The molecule has 21 heavy (non-hydrogen) atoms. The van der Waals surface area contributed by atoms with Crippen LogP contribution in [0.4, 0.5) is 5.69 Å². The van der Waals surface area contributed by atoms with Crippen molar-refractivity contribution in [2.24, 2.45) is 0 Å². The van der Waals surface area contributed by atoms with Gasteiger partial charge in [-0.15, -0.1) is 0 Å². The molecule has 0 saturated carbocycles.